The fourth-order valence-corrected chi connectivity index (χ4v) is 2.67. The van der Waals surface area contributed by atoms with Crippen molar-refractivity contribution in [3.8, 4) is 0 Å². The third kappa shape index (κ3) is 2.18. The first-order chi connectivity index (χ1) is 9.69. The number of nitrogens with one attached hydrogen (secondary N) is 1. The quantitative estimate of drug-likeness (QED) is 0.801. The third-order valence-corrected chi connectivity index (χ3v) is 4.02. The smallest absolute Gasteiger partial charge is 0.293 e. The van der Waals surface area contributed by atoms with Crippen LogP contribution in [0.2, 0.25) is 0 Å². The third-order valence-electron chi connectivity index (χ3n) is 3.04. The molecule has 0 aliphatic heterocycles. The summed E-state index contributed by atoms with van der Waals surface area (Å²) in [6.07, 6.45) is 0.803. The summed E-state index contributed by atoms with van der Waals surface area (Å²) >= 11 is 1.37. The molecule has 0 unspecified atom stereocenters. The number of benzene rings is 1. The van der Waals surface area contributed by atoms with Gasteiger partial charge in [-0.25, -0.2) is 0 Å². The van der Waals surface area contributed by atoms with E-state index in [-0.39, 0.29) is 5.91 Å². The van der Waals surface area contributed by atoms with Gasteiger partial charge < -0.3 is 4.42 Å². The molecule has 2 heterocycles. The van der Waals surface area contributed by atoms with Crippen molar-refractivity contribution in [3.63, 3.8) is 0 Å². The average molecular weight is 287 g/mol. The van der Waals surface area contributed by atoms with E-state index in [0.29, 0.717) is 16.5 Å². The summed E-state index contributed by atoms with van der Waals surface area (Å²) in [5.74, 6) is 0.0250. The molecule has 1 aromatic carbocycles. The Labute approximate surface area is 119 Å². The Morgan fingerprint density at radius 3 is 2.85 bits per heavy atom. The number of fused-ring (bicyclic) bond motifs is 1. The van der Waals surface area contributed by atoms with E-state index in [4.69, 9.17) is 4.42 Å². The van der Waals surface area contributed by atoms with Gasteiger partial charge in [-0.1, -0.05) is 36.5 Å². The molecular formula is C14H13N3O2S. The molecular weight excluding hydrogens is 274 g/mol. The molecule has 0 radical (unpaired) electrons. The van der Waals surface area contributed by atoms with Crippen LogP contribution >= 0.6 is 11.3 Å². The second-order valence-corrected chi connectivity index (χ2v) is 5.42. The molecule has 3 rings (SSSR count). The molecule has 102 valence electrons. The number of aromatic nitrogens is 2. The maximum absolute atomic E-state index is 12.2. The summed E-state index contributed by atoms with van der Waals surface area (Å²) in [7, 11) is 0. The summed E-state index contributed by atoms with van der Waals surface area (Å²) in [5, 5.41) is 13.0. The lowest BCUT2D eigenvalue weighted by atomic mass is 10.1. The molecule has 6 heteroatoms. The number of rotatable bonds is 3. The van der Waals surface area contributed by atoms with Crippen LogP contribution in [0.3, 0.4) is 0 Å². The number of hydrogen-bond acceptors (Lipinski definition) is 5. The van der Waals surface area contributed by atoms with Crippen molar-refractivity contribution in [1.29, 1.82) is 0 Å². The predicted molar refractivity (Wildman–Crippen MR) is 78.2 cm³/mol. The molecule has 5 nitrogen and oxygen atoms in total. The van der Waals surface area contributed by atoms with Crippen LogP contribution in [0.4, 0.5) is 5.13 Å². The molecule has 0 bridgehead atoms. The first kappa shape index (κ1) is 12.8. The fourth-order valence-electron chi connectivity index (χ4n) is 1.99. The van der Waals surface area contributed by atoms with Crippen LogP contribution in [0.25, 0.3) is 11.0 Å². The molecule has 1 N–H and O–H groups in total. The van der Waals surface area contributed by atoms with Gasteiger partial charge in [-0.05, 0) is 19.4 Å². The number of para-hydroxylation sites is 1. The number of furan rings is 1. The van der Waals surface area contributed by atoms with Gasteiger partial charge in [0.25, 0.3) is 5.91 Å². The van der Waals surface area contributed by atoms with E-state index in [1.54, 1.807) is 0 Å². The second-order valence-electron chi connectivity index (χ2n) is 4.36. The Morgan fingerprint density at radius 2 is 2.15 bits per heavy atom. The molecule has 3 aromatic rings. The van der Waals surface area contributed by atoms with Gasteiger partial charge in [0.2, 0.25) is 5.13 Å². The molecule has 0 atom stereocenters. The van der Waals surface area contributed by atoms with Gasteiger partial charge in [-0.15, -0.1) is 10.2 Å². The number of hydrogen-bond donors (Lipinski definition) is 1. The molecule has 0 spiro atoms. The van der Waals surface area contributed by atoms with Crippen LogP contribution < -0.4 is 5.32 Å². The van der Waals surface area contributed by atoms with E-state index in [1.165, 1.54) is 11.3 Å². The van der Waals surface area contributed by atoms with E-state index in [2.05, 4.69) is 15.5 Å². The lowest BCUT2D eigenvalue weighted by molar-refractivity contribution is 0.0998. The number of amides is 1. The van der Waals surface area contributed by atoms with Crippen LogP contribution in [-0.2, 0) is 6.42 Å². The van der Waals surface area contributed by atoms with E-state index in [1.807, 2.05) is 38.1 Å². The van der Waals surface area contributed by atoms with Crippen LogP contribution in [0.1, 0.15) is 28.0 Å². The Morgan fingerprint density at radius 1 is 1.35 bits per heavy atom. The zero-order chi connectivity index (χ0) is 14.1. The largest absolute Gasteiger partial charge is 0.451 e. The molecule has 0 saturated heterocycles. The number of carbonyl (C=O) groups excluding carboxylic acids is 1. The van der Waals surface area contributed by atoms with E-state index in [9.17, 15) is 4.79 Å². The normalized spacial score (nSPS) is 10.9. The Kier molecular flexibility index (Phi) is 3.23. The first-order valence-electron chi connectivity index (χ1n) is 6.31. The maximum Gasteiger partial charge on any atom is 0.293 e. The van der Waals surface area contributed by atoms with Crippen molar-refractivity contribution >= 4 is 33.3 Å². The summed E-state index contributed by atoms with van der Waals surface area (Å²) in [6.45, 7) is 3.87. The molecule has 0 saturated carbocycles. The standard InChI is InChI=1S/C14H13N3O2S/c1-3-11-16-17-14(20-11)15-13(18)12-8(2)9-6-4-5-7-10(9)19-12/h4-7H,3H2,1-2H3,(H,15,17,18). The minimum Gasteiger partial charge on any atom is -0.451 e. The maximum atomic E-state index is 12.2. The zero-order valence-corrected chi connectivity index (χ0v) is 12.0. The summed E-state index contributed by atoms with van der Waals surface area (Å²) in [4.78, 5) is 12.2. The topological polar surface area (TPSA) is 68.0 Å². The van der Waals surface area contributed by atoms with Gasteiger partial charge in [-0.3, -0.25) is 10.1 Å². The van der Waals surface area contributed by atoms with Crippen LogP contribution in [-0.4, -0.2) is 16.1 Å². The molecule has 2 aromatic heterocycles. The number of carbonyl (C=O) groups is 1. The van der Waals surface area contributed by atoms with Crippen molar-refractivity contribution in [2.45, 2.75) is 20.3 Å². The number of nitrogens with zero attached hydrogens (tertiary/aromatic N) is 2. The lowest BCUT2D eigenvalue weighted by Gasteiger charge is -1.98. The fraction of sp³-hybridized carbons (Fsp3) is 0.214. The highest BCUT2D eigenvalue weighted by Gasteiger charge is 2.18. The van der Waals surface area contributed by atoms with Gasteiger partial charge in [0.15, 0.2) is 5.76 Å². The van der Waals surface area contributed by atoms with Gasteiger partial charge in [0, 0.05) is 10.9 Å². The van der Waals surface area contributed by atoms with Gasteiger partial charge in [-0.2, -0.15) is 0 Å². The highest BCUT2D eigenvalue weighted by atomic mass is 32.1. The van der Waals surface area contributed by atoms with Crippen molar-refractivity contribution in [3.05, 3.63) is 40.6 Å². The van der Waals surface area contributed by atoms with Crippen LogP contribution in [0.15, 0.2) is 28.7 Å². The van der Waals surface area contributed by atoms with Crippen LogP contribution in [0.5, 0.6) is 0 Å². The second kappa shape index (κ2) is 5.05. The Balaban J connectivity index is 1.90. The Hall–Kier alpha value is -2.21. The summed E-state index contributed by atoms with van der Waals surface area (Å²) in [5.41, 5.74) is 1.54. The summed E-state index contributed by atoms with van der Waals surface area (Å²) < 4.78 is 5.61. The SMILES string of the molecule is CCc1nnc(NC(=O)c2oc3ccccc3c2C)s1. The number of anilines is 1. The molecule has 0 fully saturated rings. The predicted octanol–water partition coefficient (Wildman–Crippen LogP) is 3.41. The van der Waals surface area contributed by atoms with Gasteiger partial charge in [0.05, 0.1) is 0 Å². The molecule has 20 heavy (non-hydrogen) atoms. The molecule has 1 amide bonds. The summed E-state index contributed by atoms with van der Waals surface area (Å²) in [6, 6.07) is 7.58. The van der Waals surface area contributed by atoms with Gasteiger partial charge in [0.1, 0.15) is 10.6 Å². The van der Waals surface area contributed by atoms with E-state index < -0.39 is 0 Å². The van der Waals surface area contributed by atoms with Crippen molar-refractivity contribution in [2.24, 2.45) is 0 Å². The lowest BCUT2D eigenvalue weighted by Crippen LogP contribution is -2.11. The zero-order valence-electron chi connectivity index (χ0n) is 11.1. The Bertz CT molecular complexity index is 776. The van der Waals surface area contributed by atoms with Gasteiger partial charge >= 0.3 is 0 Å². The minimum atomic E-state index is -0.294. The van der Waals surface area contributed by atoms with Crippen molar-refractivity contribution in [2.75, 3.05) is 5.32 Å². The monoisotopic (exact) mass is 287 g/mol. The molecule has 0 aliphatic rings. The van der Waals surface area contributed by atoms with Crippen molar-refractivity contribution in [1.82, 2.24) is 10.2 Å². The number of aryl methyl sites for hydroxylation is 2. The minimum absolute atomic E-state index is 0.294. The highest BCUT2D eigenvalue weighted by Crippen LogP contribution is 2.26. The van der Waals surface area contributed by atoms with E-state index >= 15 is 0 Å². The molecule has 0 aliphatic carbocycles. The average Bonchev–Trinajstić information content (AvgIpc) is 3.04. The highest BCUT2D eigenvalue weighted by molar-refractivity contribution is 7.15. The van der Waals surface area contributed by atoms with Crippen LogP contribution in [0, 0.1) is 6.92 Å². The first-order valence-corrected chi connectivity index (χ1v) is 7.12. The van der Waals surface area contributed by atoms with E-state index in [0.717, 1.165) is 22.4 Å². The van der Waals surface area contributed by atoms with Crippen molar-refractivity contribution < 1.29 is 9.21 Å².